The van der Waals surface area contributed by atoms with E-state index in [0.29, 0.717) is 26.1 Å². The summed E-state index contributed by atoms with van der Waals surface area (Å²) in [6, 6.07) is 0. The van der Waals surface area contributed by atoms with E-state index in [0.717, 1.165) is 0 Å². The van der Waals surface area contributed by atoms with Gasteiger partial charge in [-0.15, -0.1) is 6.58 Å². The molecule has 0 aromatic carbocycles. The summed E-state index contributed by atoms with van der Waals surface area (Å²) in [6.45, 7) is 4.51. The van der Waals surface area contributed by atoms with Crippen LogP contribution in [0.5, 0.6) is 0 Å². The highest BCUT2D eigenvalue weighted by atomic mass is 16.7. The van der Waals surface area contributed by atoms with Crippen LogP contribution in [0.3, 0.4) is 0 Å². The number of nitro groups is 1. The Bertz CT molecular complexity index is 268. The lowest BCUT2D eigenvalue weighted by Crippen LogP contribution is -2.54. The maximum absolute atomic E-state index is 11.1. The molecule has 0 saturated carbocycles. The minimum absolute atomic E-state index is 0.234. The molecule has 78 valence electrons. The smallest absolute Gasteiger partial charge is 0.280 e. The molecular weight excluding hydrogens is 186 g/mol. The van der Waals surface area contributed by atoms with Crippen molar-refractivity contribution in [3.05, 3.63) is 22.8 Å². The third-order valence-corrected chi connectivity index (χ3v) is 3.09. The summed E-state index contributed by atoms with van der Waals surface area (Å²) in [5.41, 5.74) is -1.08. The van der Waals surface area contributed by atoms with Gasteiger partial charge in [-0.25, -0.2) is 0 Å². The number of rotatable bonds is 2. The second kappa shape index (κ2) is 3.33. The van der Waals surface area contributed by atoms with Crippen molar-refractivity contribution in [1.82, 2.24) is 0 Å². The quantitative estimate of drug-likeness (QED) is 0.377. The number of hydrogen-bond donors (Lipinski definition) is 0. The Morgan fingerprint density at radius 1 is 1.57 bits per heavy atom. The molecule has 2 rings (SSSR count). The highest BCUT2D eigenvalue weighted by molar-refractivity contribution is 5.03. The first kappa shape index (κ1) is 9.61. The molecule has 0 aromatic rings. The van der Waals surface area contributed by atoms with Crippen molar-refractivity contribution in [3.63, 3.8) is 0 Å². The molecule has 5 heteroatoms. The van der Waals surface area contributed by atoms with Crippen LogP contribution in [-0.4, -0.2) is 30.0 Å². The summed E-state index contributed by atoms with van der Waals surface area (Å²) in [4.78, 5) is 10.9. The van der Waals surface area contributed by atoms with Gasteiger partial charge in [-0.1, -0.05) is 6.08 Å². The summed E-state index contributed by atoms with van der Waals surface area (Å²) in [5, 5.41) is 11.1. The van der Waals surface area contributed by atoms with Gasteiger partial charge in [-0.2, -0.15) is 0 Å². The molecule has 0 N–H and O–H groups in total. The lowest BCUT2D eigenvalue weighted by atomic mass is 9.81. The fourth-order valence-corrected chi connectivity index (χ4v) is 2.28. The molecule has 2 saturated heterocycles. The minimum atomic E-state index is -1.08. The Labute approximate surface area is 81.8 Å². The normalized spacial score (nSPS) is 41.7. The van der Waals surface area contributed by atoms with Crippen LogP contribution >= 0.6 is 0 Å². The molecule has 2 heterocycles. The summed E-state index contributed by atoms with van der Waals surface area (Å²) in [6.07, 6.45) is 2.15. The average molecular weight is 199 g/mol. The summed E-state index contributed by atoms with van der Waals surface area (Å²) >= 11 is 0. The van der Waals surface area contributed by atoms with Crippen LogP contribution in [0.1, 0.15) is 12.8 Å². The fourth-order valence-electron chi connectivity index (χ4n) is 2.28. The van der Waals surface area contributed by atoms with E-state index in [1.165, 1.54) is 0 Å². The minimum Gasteiger partial charge on any atom is -0.346 e. The van der Waals surface area contributed by atoms with Gasteiger partial charge >= 0.3 is 0 Å². The second-order valence-corrected chi connectivity index (χ2v) is 3.73. The molecule has 14 heavy (non-hydrogen) atoms. The Balaban J connectivity index is 2.34. The highest BCUT2D eigenvalue weighted by Crippen LogP contribution is 2.42. The van der Waals surface area contributed by atoms with Crippen molar-refractivity contribution in [3.8, 4) is 0 Å². The number of nitrogens with zero attached hydrogens (tertiary/aromatic N) is 1. The Kier molecular flexibility index (Phi) is 2.28. The molecule has 0 amide bonds. The van der Waals surface area contributed by atoms with Gasteiger partial charge < -0.3 is 9.47 Å². The van der Waals surface area contributed by atoms with Gasteiger partial charge in [0.1, 0.15) is 0 Å². The number of hydrogen-bond acceptors (Lipinski definition) is 4. The van der Waals surface area contributed by atoms with Crippen molar-refractivity contribution < 1.29 is 14.4 Å². The van der Waals surface area contributed by atoms with Crippen LogP contribution in [0.15, 0.2) is 12.7 Å². The van der Waals surface area contributed by atoms with Crippen LogP contribution in [0, 0.1) is 16.0 Å². The zero-order chi connectivity index (χ0) is 10.2. The van der Waals surface area contributed by atoms with Gasteiger partial charge in [-0.3, -0.25) is 10.1 Å². The Morgan fingerprint density at radius 3 is 3.00 bits per heavy atom. The summed E-state index contributed by atoms with van der Waals surface area (Å²) < 4.78 is 10.6. The molecule has 0 bridgehead atoms. The zero-order valence-corrected chi connectivity index (χ0v) is 7.85. The van der Waals surface area contributed by atoms with Gasteiger partial charge in [0.2, 0.25) is 6.29 Å². The molecule has 2 aliphatic rings. The lowest BCUT2D eigenvalue weighted by molar-refractivity contribution is -0.599. The van der Waals surface area contributed by atoms with Crippen LogP contribution < -0.4 is 0 Å². The number of ether oxygens (including phenoxy) is 2. The molecule has 3 atom stereocenters. The third kappa shape index (κ3) is 1.09. The van der Waals surface area contributed by atoms with Crippen LogP contribution in [0.25, 0.3) is 0 Å². The van der Waals surface area contributed by atoms with Crippen molar-refractivity contribution >= 4 is 0 Å². The van der Waals surface area contributed by atoms with Gasteiger partial charge in [0.15, 0.2) is 0 Å². The Morgan fingerprint density at radius 2 is 2.36 bits per heavy atom. The zero-order valence-electron chi connectivity index (χ0n) is 7.85. The topological polar surface area (TPSA) is 61.6 Å². The highest BCUT2D eigenvalue weighted by Gasteiger charge is 2.62. The van der Waals surface area contributed by atoms with Crippen molar-refractivity contribution in [1.29, 1.82) is 0 Å². The van der Waals surface area contributed by atoms with Gasteiger partial charge in [0.05, 0.1) is 19.1 Å². The summed E-state index contributed by atoms with van der Waals surface area (Å²) in [5.74, 6) is -0.234. The molecule has 0 spiro atoms. The molecule has 0 aliphatic carbocycles. The van der Waals surface area contributed by atoms with Crippen molar-refractivity contribution in [2.45, 2.75) is 24.7 Å². The third-order valence-electron chi connectivity index (χ3n) is 3.09. The van der Waals surface area contributed by atoms with E-state index in [-0.39, 0.29) is 10.8 Å². The first-order chi connectivity index (χ1) is 6.71. The molecule has 2 fully saturated rings. The maximum Gasteiger partial charge on any atom is 0.280 e. The van der Waals surface area contributed by atoms with Gasteiger partial charge in [0.25, 0.3) is 5.54 Å². The SMILES string of the molecule is C=C[C@H]1COC2OCCC[C@@]21[N+](=O)[O-]. The van der Waals surface area contributed by atoms with Crippen molar-refractivity contribution in [2.24, 2.45) is 5.92 Å². The van der Waals surface area contributed by atoms with E-state index in [2.05, 4.69) is 6.58 Å². The predicted molar refractivity (Wildman–Crippen MR) is 48.3 cm³/mol. The van der Waals surface area contributed by atoms with Gasteiger partial charge in [0, 0.05) is 11.3 Å². The molecular formula is C9H13NO4. The monoisotopic (exact) mass is 199 g/mol. The van der Waals surface area contributed by atoms with E-state index in [9.17, 15) is 10.1 Å². The van der Waals surface area contributed by atoms with E-state index >= 15 is 0 Å². The number of fused-ring (bicyclic) bond motifs is 1. The van der Waals surface area contributed by atoms with E-state index in [4.69, 9.17) is 9.47 Å². The van der Waals surface area contributed by atoms with Crippen LogP contribution in [-0.2, 0) is 9.47 Å². The Hall–Kier alpha value is -0.940. The van der Waals surface area contributed by atoms with Gasteiger partial charge in [-0.05, 0) is 6.42 Å². The first-order valence-electron chi connectivity index (χ1n) is 4.72. The lowest BCUT2D eigenvalue weighted by Gasteiger charge is -2.32. The first-order valence-corrected chi connectivity index (χ1v) is 4.72. The molecule has 0 radical (unpaired) electrons. The largest absolute Gasteiger partial charge is 0.346 e. The molecule has 1 unspecified atom stereocenters. The second-order valence-electron chi connectivity index (χ2n) is 3.73. The average Bonchev–Trinajstić information content (AvgIpc) is 2.57. The van der Waals surface area contributed by atoms with E-state index in [1.54, 1.807) is 6.08 Å². The molecule has 5 nitrogen and oxygen atoms in total. The molecule has 2 aliphatic heterocycles. The fraction of sp³-hybridized carbons (Fsp3) is 0.778. The van der Waals surface area contributed by atoms with E-state index < -0.39 is 11.8 Å². The standard InChI is InChI=1S/C9H13NO4/c1-2-7-6-14-8-9(7,10(11)12)4-3-5-13-8/h2,7-8H,1,3-6H2/t7-,8?,9-/m0/s1. The maximum atomic E-state index is 11.1. The van der Waals surface area contributed by atoms with Crippen LogP contribution in [0.2, 0.25) is 0 Å². The van der Waals surface area contributed by atoms with Crippen molar-refractivity contribution in [2.75, 3.05) is 13.2 Å². The predicted octanol–water partition coefficient (Wildman–Crippen LogP) is 0.971. The van der Waals surface area contributed by atoms with E-state index in [1.807, 2.05) is 0 Å². The summed E-state index contributed by atoms with van der Waals surface area (Å²) in [7, 11) is 0. The molecule has 0 aromatic heterocycles. The van der Waals surface area contributed by atoms with Crippen LogP contribution in [0.4, 0.5) is 0 Å².